The molecular weight excluding hydrogens is 407 g/mol. The highest BCUT2D eigenvalue weighted by molar-refractivity contribution is 7.48. The second-order valence-electron chi connectivity index (χ2n) is 7.74. The Morgan fingerprint density at radius 3 is 1.72 bits per heavy atom. The van der Waals surface area contributed by atoms with Gasteiger partial charge >= 0.3 is 7.82 Å². The Kier molecular flexibility index (Phi) is 8.37. The summed E-state index contributed by atoms with van der Waals surface area (Å²) in [7, 11) is -3.94. The maximum atomic E-state index is 12.0. The van der Waals surface area contributed by atoms with E-state index in [0.29, 0.717) is 0 Å². The number of benzene rings is 2. The summed E-state index contributed by atoms with van der Waals surface area (Å²) in [5.41, 5.74) is 0. The Labute approximate surface area is 174 Å². The van der Waals surface area contributed by atoms with Crippen molar-refractivity contribution in [1.82, 2.24) is 0 Å². The van der Waals surface area contributed by atoms with Crippen molar-refractivity contribution in [2.75, 3.05) is 27.4 Å². The minimum absolute atomic E-state index is 0.0285. The Morgan fingerprint density at radius 2 is 1.34 bits per heavy atom. The number of hydrogen-bond acceptors (Lipinski definition) is 6. The molecule has 1 atom stereocenters. The van der Waals surface area contributed by atoms with E-state index in [1.165, 1.54) is 14.2 Å². The summed E-state index contributed by atoms with van der Waals surface area (Å²) >= 11 is 0. The molecule has 0 heterocycles. The topological polar surface area (TPSA) is 74.2 Å². The van der Waals surface area contributed by atoms with Gasteiger partial charge in [-0.1, -0.05) is 81.4 Å². The number of aliphatic hydroxyl groups is 1. The van der Waals surface area contributed by atoms with E-state index in [9.17, 15) is 9.67 Å². The molecule has 1 N–H and O–H groups in total. The predicted molar refractivity (Wildman–Crippen MR) is 117 cm³/mol. The van der Waals surface area contributed by atoms with Crippen LogP contribution in [-0.4, -0.2) is 47.0 Å². The Bertz CT molecular complexity index is 746. The Hall–Kier alpha value is -1.31. The molecule has 0 radical (unpaired) electrons. The minimum atomic E-state index is -3.65. The third-order valence-electron chi connectivity index (χ3n) is 4.78. The summed E-state index contributed by atoms with van der Waals surface area (Å²) in [6, 6.07) is 20.3. The molecule has 8 heteroatoms. The van der Waals surface area contributed by atoms with Crippen LogP contribution in [0.1, 0.15) is 20.8 Å². The molecule has 2 rings (SSSR count). The zero-order valence-corrected chi connectivity index (χ0v) is 19.6. The van der Waals surface area contributed by atoms with Crippen LogP contribution >= 0.6 is 7.82 Å². The normalized spacial score (nSPS) is 14.0. The van der Waals surface area contributed by atoms with E-state index >= 15 is 0 Å². The molecule has 0 aliphatic rings. The van der Waals surface area contributed by atoms with Crippen molar-refractivity contribution >= 4 is 26.5 Å². The van der Waals surface area contributed by atoms with E-state index in [1.54, 1.807) is 0 Å². The Balaban J connectivity index is 2.33. The van der Waals surface area contributed by atoms with Crippen LogP contribution in [0, 0.1) is 0 Å². The molecule has 0 aromatic heterocycles. The highest BCUT2D eigenvalue weighted by atomic mass is 31.2. The number of aliphatic hydroxyl groups excluding tert-OH is 1. The van der Waals surface area contributed by atoms with Gasteiger partial charge in [0.05, 0.1) is 19.3 Å². The molecule has 2 aromatic rings. The summed E-state index contributed by atoms with van der Waals surface area (Å²) in [5.74, 6) is 0. The van der Waals surface area contributed by atoms with Gasteiger partial charge in [0.25, 0.3) is 8.32 Å². The van der Waals surface area contributed by atoms with Crippen molar-refractivity contribution in [1.29, 1.82) is 0 Å². The van der Waals surface area contributed by atoms with Crippen molar-refractivity contribution in [2.45, 2.75) is 31.9 Å². The summed E-state index contributed by atoms with van der Waals surface area (Å²) in [4.78, 5) is 0. The first-order valence-electron chi connectivity index (χ1n) is 9.47. The number of phosphoric ester groups is 1. The lowest BCUT2D eigenvalue weighted by Gasteiger charge is -2.43. The van der Waals surface area contributed by atoms with E-state index in [0.717, 1.165) is 10.4 Å². The van der Waals surface area contributed by atoms with Crippen molar-refractivity contribution < 1.29 is 27.7 Å². The summed E-state index contributed by atoms with van der Waals surface area (Å²) in [5, 5.41) is 12.5. The molecule has 2 aromatic carbocycles. The fraction of sp³-hybridized carbons (Fsp3) is 0.429. The molecule has 0 unspecified atom stereocenters. The van der Waals surface area contributed by atoms with Crippen molar-refractivity contribution in [3.8, 4) is 0 Å². The van der Waals surface area contributed by atoms with Crippen molar-refractivity contribution in [3.05, 3.63) is 60.7 Å². The first-order valence-corrected chi connectivity index (χ1v) is 12.8. The maximum absolute atomic E-state index is 12.0. The maximum Gasteiger partial charge on any atom is 0.474 e. The van der Waals surface area contributed by atoms with Crippen LogP contribution in [0.15, 0.2) is 60.7 Å². The van der Waals surface area contributed by atoms with Crippen LogP contribution in [0.4, 0.5) is 0 Å². The second-order valence-corrected chi connectivity index (χ2v) is 13.9. The summed E-state index contributed by atoms with van der Waals surface area (Å²) < 4.78 is 33.3. The monoisotopic (exact) mass is 438 g/mol. The molecular formula is C21H31O6PSi. The highest BCUT2D eigenvalue weighted by Gasteiger charge is 2.50. The molecule has 0 saturated heterocycles. The van der Waals surface area contributed by atoms with Crippen LogP contribution in [0.3, 0.4) is 0 Å². The van der Waals surface area contributed by atoms with E-state index < -0.39 is 22.2 Å². The lowest BCUT2D eigenvalue weighted by atomic mass is 10.2. The van der Waals surface area contributed by atoms with Gasteiger partial charge in [-0.3, -0.25) is 13.6 Å². The molecule has 0 saturated carbocycles. The van der Waals surface area contributed by atoms with Crippen LogP contribution in [-0.2, 0) is 22.6 Å². The average molecular weight is 439 g/mol. The molecule has 160 valence electrons. The lowest BCUT2D eigenvalue weighted by molar-refractivity contribution is 0.0406. The molecule has 0 amide bonds. The van der Waals surface area contributed by atoms with E-state index in [4.69, 9.17) is 18.0 Å². The van der Waals surface area contributed by atoms with Gasteiger partial charge in [0.15, 0.2) is 0 Å². The smallest absolute Gasteiger partial charge is 0.405 e. The van der Waals surface area contributed by atoms with Crippen LogP contribution in [0.2, 0.25) is 5.04 Å². The first kappa shape index (κ1) is 24.0. The first-order chi connectivity index (χ1) is 13.7. The standard InChI is InChI=1S/C21H31O6PSi/c1-21(2,3)29(19-12-8-6-9-13-19,20-14-10-7-11-15-20)27-17-18(22)16-26-28(23,24-4)25-5/h6-15,18,22H,16-17H2,1-5H3/t18-/m1/s1. The van der Waals surface area contributed by atoms with Crippen LogP contribution < -0.4 is 10.4 Å². The third-order valence-corrected chi connectivity index (χ3v) is 11.1. The summed E-state index contributed by atoms with van der Waals surface area (Å²) in [6.45, 7) is 6.28. The van der Waals surface area contributed by atoms with Crippen LogP contribution in [0.5, 0.6) is 0 Å². The molecule has 29 heavy (non-hydrogen) atoms. The molecule has 0 aliphatic carbocycles. The van der Waals surface area contributed by atoms with Gasteiger partial charge in [0.1, 0.15) is 0 Å². The SMILES string of the molecule is COP(=O)(OC)OC[C@@H](O)CO[Si](c1ccccc1)(c1ccccc1)C(C)(C)C. The van der Waals surface area contributed by atoms with Gasteiger partial charge < -0.3 is 9.53 Å². The average Bonchev–Trinajstić information content (AvgIpc) is 2.73. The van der Waals surface area contributed by atoms with E-state index in [1.807, 2.05) is 36.4 Å². The fourth-order valence-corrected chi connectivity index (χ4v) is 8.70. The van der Waals surface area contributed by atoms with Gasteiger partial charge in [-0.2, -0.15) is 0 Å². The van der Waals surface area contributed by atoms with E-state index in [-0.39, 0.29) is 18.3 Å². The zero-order chi connectivity index (χ0) is 21.5. The molecule has 0 spiro atoms. The Morgan fingerprint density at radius 1 is 0.897 bits per heavy atom. The number of hydrogen-bond donors (Lipinski definition) is 1. The van der Waals surface area contributed by atoms with Crippen molar-refractivity contribution in [2.24, 2.45) is 0 Å². The van der Waals surface area contributed by atoms with E-state index in [2.05, 4.69) is 45.0 Å². The zero-order valence-electron chi connectivity index (χ0n) is 17.7. The highest BCUT2D eigenvalue weighted by Crippen LogP contribution is 2.47. The summed E-state index contributed by atoms with van der Waals surface area (Å²) in [6.07, 6.45) is -0.990. The third kappa shape index (κ3) is 5.64. The fourth-order valence-electron chi connectivity index (χ4n) is 3.39. The van der Waals surface area contributed by atoms with Crippen LogP contribution in [0.25, 0.3) is 0 Å². The van der Waals surface area contributed by atoms with Gasteiger partial charge in [0, 0.05) is 14.2 Å². The van der Waals surface area contributed by atoms with Gasteiger partial charge in [-0.15, -0.1) is 0 Å². The van der Waals surface area contributed by atoms with Gasteiger partial charge in [0.2, 0.25) is 0 Å². The van der Waals surface area contributed by atoms with Gasteiger partial charge in [-0.05, 0) is 15.4 Å². The number of rotatable bonds is 10. The number of phosphoric acid groups is 1. The molecule has 0 aliphatic heterocycles. The predicted octanol–water partition coefficient (Wildman–Crippen LogP) is 3.34. The second kappa shape index (κ2) is 10.1. The van der Waals surface area contributed by atoms with Crippen molar-refractivity contribution in [3.63, 3.8) is 0 Å². The molecule has 6 nitrogen and oxygen atoms in total. The molecule has 0 fully saturated rings. The lowest BCUT2D eigenvalue weighted by Crippen LogP contribution is -2.67. The quantitative estimate of drug-likeness (QED) is 0.453. The largest absolute Gasteiger partial charge is 0.474 e. The minimum Gasteiger partial charge on any atom is -0.405 e. The van der Waals surface area contributed by atoms with Gasteiger partial charge in [-0.25, -0.2) is 4.57 Å². The molecule has 0 bridgehead atoms.